The number of ether oxygens (including phenoxy) is 6. The van der Waals surface area contributed by atoms with Gasteiger partial charge in [0.05, 0.1) is 19.8 Å². The van der Waals surface area contributed by atoms with Gasteiger partial charge in [0.15, 0.2) is 18.7 Å². The van der Waals surface area contributed by atoms with Crippen LogP contribution in [0.4, 0.5) is 0 Å². The molecule has 0 aromatic rings. The molecule has 15 nitrogen and oxygen atoms in total. The number of carbonyl (C=O) groups excluding carboxylic acids is 2. The van der Waals surface area contributed by atoms with Gasteiger partial charge in [-0.2, -0.15) is 0 Å². The Kier molecular flexibility index (Phi) is 41.2. The minimum absolute atomic E-state index is 0.107. The molecule has 0 aromatic heterocycles. The summed E-state index contributed by atoms with van der Waals surface area (Å²) in [6, 6.07) is 0. The summed E-state index contributed by atoms with van der Waals surface area (Å²) in [5.74, 6) is -1.01. The van der Waals surface area contributed by atoms with Crippen LogP contribution in [-0.4, -0.2) is 142 Å². The third-order valence-corrected chi connectivity index (χ3v) is 13.5. The van der Waals surface area contributed by atoms with Gasteiger partial charge in [0.2, 0.25) is 0 Å². The first-order valence-corrected chi connectivity index (χ1v) is 28.9. The van der Waals surface area contributed by atoms with Crippen LogP contribution in [0, 0.1) is 0 Å². The monoisotopic (exact) mass is 1050 g/mol. The second-order valence-electron chi connectivity index (χ2n) is 20.1. The highest BCUT2D eigenvalue weighted by molar-refractivity contribution is 5.70. The van der Waals surface area contributed by atoms with E-state index in [4.69, 9.17) is 28.4 Å². The molecule has 2 saturated heterocycles. The van der Waals surface area contributed by atoms with Crippen LogP contribution in [0.2, 0.25) is 0 Å². The number of esters is 2. The molecule has 74 heavy (non-hydrogen) atoms. The highest BCUT2D eigenvalue weighted by atomic mass is 16.7. The molecule has 2 fully saturated rings. The van der Waals surface area contributed by atoms with Gasteiger partial charge < -0.3 is 64.2 Å². The summed E-state index contributed by atoms with van der Waals surface area (Å²) in [5, 5.41) is 72.2. The fraction of sp³-hybridized carbons (Fsp3) is 0.797. The van der Waals surface area contributed by atoms with Crippen molar-refractivity contribution in [3.05, 3.63) is 60.8 Å². The van der Waals surface area contributed by atoms with E-state index < -0.39 is 99.3 Å². The van der Waals surface area contributed by atoms with Crippen molar-refractivity contribution in [1.29, 1.82) is 0 Å². The predicted molar refractivity (Wildman–Crippen MR) is 289 cm³/mol. The summed E-state index contributed by atoms with van der Waals surface area (Å²) in [6.45, 7) is 2.42. The maximum Gasteiger partial charge on any atom is 0.306 e. The molecule has 2 aliphatic rings. The molecular formula is C59H102O15. The van der Waals surface area contributed by atoms with Gasteiger partial charge in [-0.15, -0.1) is 0 Å². The normalized spacial score (nSPS) is 25.1. The van der Waals surface area contributed by atoms with Crippen molar-refractivity contribution in [1.82, 2.24) is 0 Å². The lowest BCUT2D eigenvalue weighted by Gasteiger charge is -2.42. The number of unbranched alkanes of at least 4 members (excludes halogenated alkanes) is 21. The van der Waals surface area contributed by atoms with Gasteiger partial charge in [-0.3, -0.25) is 9.59 Å². The van der Waals surface area contributed by atoms with Gasteiger partial charge in [-0.1, -0.05) is 184 Å². The number of carbonyl (C=O) groups is 2. The number of hydrogen-bond acceptors (Lipinski definition) is 15. The lowest BCUT2D eigenvalue weighted by atomic mass is 9.98. The fourth-order valence-corrected chi connectivity index (χ4v) is 8.80. The second-order valence-corrected chi connectivity index (χ2v) is 20.1. The van der Waals surface area contributed by atoms with Gasteiger partial charge >= 0.3 is 11.9 Å². The maximum absolute atomic E-state index is 13.0. The van der Waals surface area contributed by atoms with Crippen LogP contribution in [-0.2, 0) is 38.0 Å². The molecule has 2 heterocycles. The summed E-state index contributed by atoms with van der Waals surface area (Å²) >= 11 is 0. The van der Waals surface area contributed by atoms with Crippen molar-refractivity contribution >= 4 is 11.9 Å². The number of rotatable bonds is 45. The Balaban J connectivity index is 1.76. The van der Waals surface area contributed by atoms with Gasteiger partial charge in [0.25, 0.3) is 0 Å². The zero-order valence-electron chi connectivity index (χ0n) is 45.6. The Bertz CT molecular complexity index is 1520. The lowest BCUT2D eigenvalue weighted by molar-refractivity contribution is -0.332. The standard InChI is InChI=1S/C59H102O15/c1-3-5-7-9-11-13-15-17-19-20-21-22-23-24-25-26-28-30-32-34-36-38-40-42-51(62)72-47(44-69-50(61)41-39-37-35-33-31-29-27-18-16-14-12-10-8-6-4-2)45-70-58-57(68)55(66)53(64)49(74-58)46-71-59-56(67)54(65)52(63)48(43-60)73-59/h6,8,12,14,18,27,31,33-34,36,47-49,52-60,63-68H,3-5,7,9-11,13,15-17,19-26,28-30,32,35,37-46H2,1-2H3/b8-6+,14-12+,27-18+,33-31+,36-34+/t47-,48+,49+,52-,53-,54?,55?,56?,57?,58+,59+/m1/s1. The van der Waals surface area contributed by atoms with E-state index in [1.54, 1.807) is 0 Å². The SMILES string of the molecule is CC/C=C/C/C=C/C/C=C/C/C=C/CCCCC(=O)OC[C@H](CO[C@H]1O[C@@H](CO[C@H]2O[C@@H](CO)[C@@H](O)C(O)C2O)[C@@H](O)C(O)C1O)OC(=O)CCC/C=C/CCCCCCCCCCCCCCCCCCCC. The number of allylic oxidation sites excluding steroid dienone is 10. The van der Waals surface area contributed by atoms with E-state index in [-0.39, 0.29) is 19.4 Å². The van der Waals surface area contributed by atoms with Gasteiger partial charge in [0.1, 0.15) is 55.4 Å². The van der Waals surface area contributed by atoms with E-state index in [1.807, 2.05) is 0 Å². The molecule has 0 amide bonds. The Labute approximate surface area is 445 Å². The summed E-state index contributed by atoms with van der Waals surface area (Å²) in [6.07, 6.45) is 37.0. The molecule has 11 atom stereocenters. The topological polar surface area (TPSA) is 231 Å². The molecule has 0 aliphatic carbocycles. The van der Waals surface area contributed by atoms with E-state index in [9.17, 15) is 45.3 Å². The van der Waals surface area contributed by atoms with E-state index in [0.717, 1.165) is 51.4 Å². The largest absolute Gasteiger partial charge is 0.462 e. The third kappa shape index (κ3) is 32.1. The van der Waals surface area contributed by atoms with Crippen molar-refractivity contribution in [2.45, 2.75) is 274 Å². The molecule has 2 rings (SSSR count). The number of aliphatic hydroxyl groups excluding tert-OH is 7. The Morgan fingerprint density at radius 2 is 0.865 bits per heavy atom. The third-order valence-electron chi connectivity index (χ3n) is 13.5. The highest BCUT2D eigenvalue weighted by Gasteiger charge is 2.47. The molecule has 15 heteroatoms. The zero-order chi connectivity index (χ0) is 53.9. The van der Waals surface area contributed by atoms with Crippen molar-refractivity contribution in [2.24, 2.45) is 0 Å². The van der Waals surface area contributed by atoms with Crippen molar-refractivity contribution in [2.75, 3.05) is 26.4 Å². The van der Waals surface area contributed by atoms with Crippen molar-refractivity contribution in [3.63, 3.8) is 0 Å². The Morgan fingerprint density at radius 3 is 1.39 bits per heavy atom. The molecular weight excluding hydrogens is 949 g/mol. The van der Waals surface area contributed by atoms with Crippen molar-refractivity contribution in [3.8, 4) is 0 Å². The summed E-state index contributed by atoms with van der Waals surface area (Å²) in [4.78, 5) is 25.8. The molecule has 7 N–H and O–H groups in total. The average molecular weight is 1050 g/mol. The molecule has 0 spiro atoms. The molecule has 0 radical (unpaired) electrons. The van der Waals surface area contributed by atoms with Gasteiger partial charge in [0, 0.05) is 12.8 Å². The van der Waals surface area contributed by atoms with E-state index in [0.29, 0.717) is 19.3 Å². The van der Waals surface area contributed by atoms with Crippen LogP contribution < -0.4 is 0 Å². The minimum Gasteiger partial charge on any atom is -0.462 e. The van der Waals surface area contributed by atoms with E-state index in [1.165, 1.54) is 109 Å². The first-order chi connectivity index (χ1) is 36.0. The Morgan fingerprint density at radius 1 is 0.446 bits per heavy atom. The van der Waals surface area contributed by atoms with Crippen LogP contribution in [0.3, 0.4) is 0 Å². The maximum atomic E-state index is 13.0. The highest BCUT2D eigenvalue weighted by Crippen LogP contribution is 2.27. The lowest BCUT2D eigenvalue weighted by Crippen LogP contribution is -2.61. The average Bonchev–Trinajstić information content (AvgIpc) is 3.39. The van der Waals surface area contributed by atoms with Crippen LogP contribution in [0.5, 0.6) is 0 Å². The number of aliphatic hydroxyl groups is 7. The molecule has 428 valence electrons. The van der Waals surface area contributed by atoms with Crippen LogP contribution >= 0.6 is 0 Å². The summed E-state index contributed by atoms with van der Waals surface area (Å²) < 4.78 is 33.6. The molecule has 0 saturated carbocycles. The van der Waals surface area contributed by atoms with Gasteiger partial charge in [-0.05, 0) is 70.6 Å². The van der Waals surface area contributed by atoms with Crippen LogP contribution in [0.15, 0.2) is 60.8 Å². The quantitative estimate of drug-likeness (QED) is 0.0171. The second kappa shape index (κ2) is 45.2. The summed E-state index contributed by atoms with van der Waals surface area (Å²) in [5.41, 5.74) is 0. The van der Waals surface area contributed by atoms with Crippen molar-refractivity contribution < 1.29 is 73.8 Å². The van der Waals surface area contributed by atoms with Crippen LogP contribution in [0.25, 0.3) is 0 Å². The summed E-state index contributed by atoms with van der Waals surface area (Å²) in [7, 11) is 0. The first-order valence-electron chi connectivity index (χ1n) is 28.9. The number of hydrogen-bond donors (Lipinski definition) is 7. The molecule has 4 unspecified atom stereocenters. The predicted octanol–water partition coefficient (Wildman–Crippen LogP) is 9.61. The van der Waals surface area contributed by atoms with E-state index in [2.05, 4.69) is 74.6 Å². The zero-order valence-corrected chi connectivity index (χ0v) is 45.6. The molecule has 0 bridgehead atoms. The van der Waals surface area contributed by atoms with Crippen LogP contribution in [0.1, 0.15) is 206 Å². The molecule has 2 aliphatic heterocycles. The fourth-order valence-electron chi connectivity index (χ4n) is 8.80. The van der Waals surface area contributed by atoms with Gasteiger partial charge in [-0.25, -0.2) is 0 Å². The smallest absolute Gasteiger partial charge is 0.306 e. The minimum atomic E-state index is -1.78. The first kappa shape index (κ1) is 67.3. The Hall–Kier alpha value is -2.80. The van der Waals surface area contributed by atoms with E-state index >= 15 is 0 Å². The molecule has 0 aromatic carbocycles.